The van der Waals surface area contributed by atoms with Gasteiger partial charge in [-0.15, -0.1) is 10.2 Å². The first kappa shape index (κ1) is 24.3. The average molecular weight is 505 g/mol. The fourth-order valence-corrected chi connectivity index (χ4v) is 5.52. The van der Waals surface area contributed by atoms with Crippen molar-refractivity contribution in [3.05, 3.63) is 65.0 Å². The average Bonchev–Trinajstić information content (AvgIpc) is 3.19. The molecule has 3 aromatic rings. The molecule has 0 saturated carbocycles. The van der Waals surface area contributed by atoms with Gasteiger partial charge in [-0.1, -0.05) is 23.7 Å². The predicted octanol–water partition coefficient (Wildman–Crippen LogP) is 3.40. The minimum absolute atomic E-state index is 0.0298. The number of sulfonamides is 1. The lowest BCUT2D eigenvalue weighted by atomic mass is 10.1. The van der Waals surface area contributed by atoms with E-state index in [1.807, 2.05) is 0 Å². The molecule has 1 amide bonds. The van der Waals surface area contributed by atoms with E-state index in [-0.39, 0.29) is 24.0 Å². The number of rotatable bonds is 8. The van der Waals surface area contributed by atoms with Gasteiger partial charge in [-0.25, -0.2) is 8.42 Å². The smallest absolute Gasteiger partial charge is 0.247 e. The van der Waals surface area contributed by atoms with E-state index in [0.717, 1.165) is 18.4 Å². The van der Waals surface area contributed by atoms with Crippen LogP contribution in [0.4, 0.5) is 0 Å². The molecule has 4 rings (SSSR count). The van der Waals surface area contributed by atoms with Crippen LogP contribution in [0.1, 0.15) is 30.7 Å². The molecule has 1 atom stereocenters. The number of halogens is 1. The second kappa shape index (κ2) is 10.6. The summed E-state index contributed by atoms with van der Waals surface area (Å²) in [4.78, 5) is 12.9. The predicted molar refractivity (Wildman–Crippen MR) is 125 cm³/mol. The maximum atomic E-state index is 13.6. The Hall–Kier alpha value is -2.79. The fourth-order valence-electron chi connectivity index (χ4n) is 3.79. The van der Waals surface area contributed by atoms with Gasteiger partial charge in [-0.3, -0.25) is 4.79 Å². The Kier molecular flexibility index (Phi) is 7.62. The van der Waals surface area contributed by atoms with E-state index in [4.69, 9.17) is 20.8 Å². The van der Waals surface area contributed by atoms with Crippen LogP contribution in [0.5, 0.6) is 0 Å². The summed E-state index contributed by atoms with van der Waals surface area (Å²) in [5, 5.41) is 11.2. The standard InChI is InChI=1S/C23H25ClN4O5S/c1-32-15-21-26-27-23(33-21)17-7-5-16(6-8-17)14-28(20-4-2-3-13-25-22(20)29)34(30,31)19-11-9-18(24)10-12-19/h5-12,20H,2-4,13-15H2,1H3,(H,25,29)/t20-/m1/s1. The highest BCUT2D eigenvalue weighted by atomic mass is 35.5. The SMILES string of the molecule is COCc1nnc(-c2ccc(CN([C@@H]3CCCCNC3=O)S(=O)(=O)c3ccc(Cl)cc3)cc2)o1. The number of methoxy groups -OCH3 is 1. The number of amides is 1. The zero-order valence-corrected chi connectivity index (χ0v) is 20.2. The summed E-state index contributed by atoms with van der Waals surface area (Å²) >= 11 is 5.95. The van der Waals surface area contributed by atoms with E-state index in [1.165, 1.54) is 35.7 Å². The molecule has 0 spiro atoms. The number of nitrogens with zero attached hydrogens (tertiary/aromatic N) is 3. The van der Waals surface area contributed by atoms with Crippen molar-refractivity contribution in [2.24, 2.45) is 0 Å². The van der Waals surface area contributed by atoms with Crippen molar-refractivity contribution in [2.75, 3.05) is 13.7 Å². The number of hydrogen-bond donors (Lipinski definition) is 1. The first-order valence-corrected chi connectivity index (χ1v) is 12.7. The topological polar surface area (TPSA) is 115 Å². The van der Waals surface area contributed by atoms with E-state index < -0.39 is 16.1 Å². The number of hydrogen-bond acceptors (Lipinski definition) is 7. The fraction of sp³-hybridized carbons (Fsp3) is 0.348. The van der Waals surface area contributed by atoms with E-state index in [9.17, 15) is 13.2 Å². The van der Waals surface area contributed by atoms with Crippen LogP contribution in [-0.4, -0.2) is 48.5 Å². The van der Waals surface area contributed by atoms with Crippen LogP contribution in [0.15, 0.2) is 57.8 Å². The molecule has 180 valence electrons. The summed E-state index contributed by atoms with van der Waals surface area (Å²) < 4.78 is 39.1. The quantitative estimate of drug-likeness (QED) is 0.500. The molecule has 1 fully saturated rings. The Morgan fingerprint density at radius 3 is 2.56 bits per heavy atom. The van der Waals surface area contributed by atoms with E-state index in [1.54, 1.807) is 24.3 Å². The number of nitrogens with one attached hydrogen (secondary N) is 1. The van der Waals surface area contributed by atoms with Crippen molar-refractivity contribution < 1.29 is 22.4 Å². The minimum Gasteiger partial charge on any atom is -0.418 e. The zero-order chi connectivity index (χ0) is 24.1. The molecule has 2 aromatic carbocycles. The van der Waals surface area contributed by atoms with Crippen LogP contribution >= 0.6 is 11.6 Å². The number of carbonyl (C=O) groups excluding carboxylic acids is 1. The van der Waals surface area contributed by atoms with E-state index >= 15 is 0 Å². The Bertz CT molecular complexity index is 1230. The Morgan fingerprint density at radius 1 is 1.12 bits per heavy atom. The van der Waals surface area contributed by atoms with Crippen LogP contribution in [0.25, 0.3) is 11.5 Å². The third-order valence-electron chi connectivity index (χ3n) is 5.55. The molecule has 1 aliphatic heterocycles. The first-order valence-electron chi connectivity index (χ1n) is 10.8. The van der Waals surface area contributed by atoms with Gasteiger partial charge in [-0.05, 0) is 61.2 Å². The summed E-state index contributed by atoms with van der Waals surface area (Å²) in [5.41, 5.74) is 1.41. The summed E-state index contributed by atoms with van der Waals surface area (Å²) in [5.74, 6) is 0.414. The third kappa shape index (κ3) is 5.47. The molecule has 0 bridgehead atoms. The van der Waals surface area contributed by atoms with Gasteiger partial charge in [0.1, 0.15) is 12.6 Å². The molecule has 0 radical (unpaired) electrons. The van der Waals surface area contributed by atoms with Gasteiger partial charge in [0.15, 0.2) is 0 Å². The maximum Gasteiger partial charge on any atom is 0.247 e. The summed E-state index contributed by atoms with van der Waals surface area (Å²) in [7, 11) is -2.43. The highest BCUT2D eigenvalue weighted by Gasteiger charge is 2.36. The number of aromatic nitrogens is 2. The van der Waals surface area contributed by atoms with Crippen LogP contribution in [0.3, 0.4) is 0 Å². The second-order valence-electron chi connectivity index (χ2n) is 7.94. The molecule has 9 nitrogen and oxygen atoms in total. The minimum atomic E-state index is -3.97. The lowest BCUT2D eigenvalue weighted by Gasteiger charge is -2.29. The van der Waals surface area contributed by atoms with Gasteiger partial charge in [0.25, 0.3) is 0 Å². The van der Waals surface area contributed by atoms with Crippen molar-refractivity contribution in [2.45, 2.75) is 43.4 Å². The Balaban J connectivity index is 1.63. The van der Waals surface area contributed by atoms with Crippen LogP contribution in [0, 0.1) is 0 Å². The molecule has 0 unspecified atom stereocenters. The molecular formula is C23H25ClN4O5S. The van der Waals surface area contributed by atoms with Crippen molar-refractivity contribution in [3.8, 4) is 11.5 Å². The van der Waals surface area contributed by atoms with Gasteiger partial charge in [0.2, 0.25) is 27.7 Å². The monoisotopic (exact) mass is 504 g/mol. The van der Waals surface area contributed by atoms with Gasteiger partial charge in [0.05, 0.1) is 4.90 Å². The molecule has 34 heavy (non-hydrogen) atoms. The van der Waals surface area contributed by atoms with Gasteiger partial charge in [0, 0.05) is 30.8 Å². The zero-order valence-electron chi connectivity index (χ0n) is 18.6. The highest BCUT2D eigenvalue weighted by Crippen LogP contribution is 2.27. The van der Waals surface area contributed by atoms with E-state index in [0.29, 0.717) is 35.3 Å². The molecule has 1 saturated heterocycles. The Labute approximate surface area is 203 Å². The molecule has 11 heteroatoms. The third-order valence-corrected chi connectivity index (χ3v) is 7.67. The first-order chi connectivity index (χ1) is 16.4. The summed E-state index contributed by atoms with van der Waals surface area (Å²) in [6, 6.07) is 12.3. The summed E-state index contributed by atoms with van der Waals surface area (Å²) in [6.45, 7) is 0.780. The highest BCUT2D eigenvalue weighted by molar-refractivity contribution is 7.89. The van der Waals surface area contributed by atoms with Crippen molar-refractivity contribution in [1.82, 2.24) is 19.8 Å². The molecule has 1 aliphatic rings. The lowest BCUT2D eigenvalue weighted by molar-refractivity contribution is -0.124. The normalized spacial score (nSPS) is 16.9. The van der Waals surface area contributed by atoms with Crippen molar-refractivity contribution in [3.63, 3.8) is 0 Å². The van der Waals surface area contributed by atoms with Gasteiger partial charge < -0.3 is 14.5 Å². The molecule has 1 N–H and O–H groups in total. The number of carbonyl (C=O) groups is 1. The van der Waals surface area contributed by atoms with E-state index in [2.05, 4.69) is 15.5 Å². The number of ether oxygens (including phenoxy) is 1. The summed E-state index contributed by atoms with van der Waals surface area (Å²) in [6.07, 6.45) is 2.00. The van der Waals surface area contributed by atoms with Gasteiger partial charge >= 0.3 is 0 Å². The van der Waals surface area contributed by atoms with Crippen LogP contribution in [-0.2, 0) is 32.7 Å². The maximum absolute atomic E-state index is 13.6. The second-order valence-corrected chi connectivity index (χ2v) is 10.3. The molecule has 1 aromatic heterocycles. The number of benzene rings is 2. The molecular weight excluding hydrogens is 480 g/mol. The molecule has 0 aliphatic carbocycles. The van der Waals surface area contributed by atoms with Crippen molar-refractivity contribution >= 4 is 27.5 Å². The van der Waals surface area contributed by atoms with Crippen LogP contribution < -0.4 is 5.32 Å². The van der Waals surface area contributed by atoms with Crippen LogP contribution in [0.2, 0.25) is 5.02 Å². The molecule has 2 heterocycles. The lowest BCUT2D eigenvalue weighted by Crippen LogP contribution is -2.48. The van der Waals surface area contributed by atoms with Crippen molar-refractivity contribution in [1.29, 1.82) is 0 Å². The largest absolute Gasteiger partial charge is 0.418 e. The Morgan fingerprint density at radius 2 is 1.85 bits per heavy atom. The van der Waals surface area contributed by atoms with Gasteiger partial charge in [-0.2, -0.15) is 4.31 Å².